The summed E-state index contributed by atoms with van der Waals surface area (Å²) < 4.78 is 11.7. The Bertz CT molecular complexity index is 1470. The number of nitrogens with zero attached hydrogens (tertiary/aromatic N) is 2. The molecule has 3 heterocycles. The molecule has 1 fully saturated rings. The molecule has 186 valence electrons. The predicted molar refractivity (Wildman–Crippen MR) is 137 cm³/mol. The van der Waals surface area contributed by atoms with Gasteiger partial charge < -0.3 is 19.2 Å². The highest BCUT2D eigenvalue weighted by Crippen LogP contribution is 2.41. The molecule has 7 heteroatoms. The van der Waals surface area contributed by atoms with Gasteiger partial charge in [-0.25, -0.2) is 0 Å². The topological polar surface area (TPSA) is 92.9 Å². The predicted octanol–water partition coefficient (Wildman–Crippen LogP) is 5.49. The number of carbonyl (C=O) groups excluding carboxylic acids is 2. The van der Waals surface area contributed by atoms with Crippen LogP contribution in [0.5, 0.6) is 5.75 Å². The van der Waals surface area contributed by atoms with Gasteiger partial charge in [-0.2, -0.15) is 0 Å². The first kappa shape index (κ1) is 24.1. The summed E-state index contributed by atoms with van der Waals surface area (Å²) in [5.74, 6) is -0.0533. The average molecular weight is 495 g/mol. The monoisotopic (exact) mass is 494 g/mol. The van der Waals surface area contributed by atoms with E-state index in [0.29, 0.717) is 29.4 Å². The SMILES string of the molecule is Cc1ccc(C2/C(=C(\O)c3ccc(OCc4ccccc4C)cc3)C(=O)C(=O)N2Cc2ccncc2)o1. The molecule has 1 amide bonds. The van der Waals surface area contributed by atoms with Crippen LogP contribution in [0.1, 0.15) is 39.8 Å². The Morgan fingerprint density at radius 2 is 1.70 bits per heavy atom. The second-order valence-corrected chi connectivity index (χ2v) is 8.97. The molecule has 5 rings (SSSR count). The first-order chi connectivity index (χ1) is 17.9. The second kappa shape index (κ2) is 10.1. The van der Waals surface area contributed by atoms with E-state index in [-0.39, 0.29) is 17.9 Å². The molecule has 37 heavy (non-hydrogen) atoms. The highest BCUT2D eigenvalue weighted by Gasteiger charge is 2.47. The van der Waals surface area contributed by atoms with E-state index in [1.807, 2.05) is 31.2 Å². The summed E-state index contributed by atoms with van der Waals surface area (Å²) in [7, 11) is 0. The van der Waals surface area contributed by atoms with Gasteiger partial charge in [0.1, 0.15) is 35.7 Å². The molecular formula is C30H26N2O5. The van der Waals surface area contributed by atoms with E-state index >= 15 is 0 Å². The number of hydrogen-bond acceptors (Lipinski definition) is 6. The zero-order valence-electron chi connectivity index (χ0n) is 20.5. The summed E-state index contributed by atoms with van der Waals surface area (Å²) in [6.07, 6.45) is 3.25. The number of amides is 1. The summed E-state index contributed by atoms with van der Waals surface area (Å²) in [5.41, 5.74) is 3.42. The van der Waals surface area contributed by atoms with Crippen molar-refractivity contribution in [2.45, 2.75) is 33.0 Å². The van der Waals surface area contributed by atoms with Crippen molar-refractivity contribution < 1.29 is 23.8 Å². The minimum absolute atomic E-state index is 0.0121. The third-order valence-corrected chi connectivity index (χ3v) is 6.46. The second-order valence-electron chi connectivity index (χ2n) is 8.97. The first-order valence-corrected chi connectivity index (χ1v) is 11.9. The van der Waals surface area contributed by atoms with Crippen LogP contribution >= 0.6 is 0 Å². The minimum atomic E-state index is -0.862. The number of hydrogen-bond donors (Lipinski definition) is 1. The largest absolute Gasteiger partial charge is 0.507 e. The van der Waals surface area contributed by atoms with Crippen molar-refractivity contribution in [3.8, 4) is 5.75 Å². The third kappa shape index (κ3) is 4.89. The number of ether oxygens (including phenoxy) is 1. The van der Waals surface area contributed by atoms with Crippen LogP contribution < -0.4 is 4.74 Å². The Labute approximate surface area is 214 Å². The lowest BCUT2D eigenvalue weighted by molar-refractivity contribution is -0.140. The molecule has 1 aliphatic heterocycles. The van der Waals surface area contributed by atoms with E-state index in [1.54, 1.807) is 67.8 Å². The molecule has 1 saturated heterocycles. The molecule has 1 N–H and O–H groups in total. The van der Waals surface area contributed by atoms with Gasteiger partial charge in [0.05, 0.1) is 5.57 Å². The summed E-state index contributed by atoms with van der Waals surface area (Å²) in [4.78, 5) is 31.7. The van der Waals surface area contributed by atoms with Crippen LogP contribution in [0.2, 0.25) is 0 Å². The van der Waals surface area contributed by atoms with Crippen LogP contribution in [0.4, 0.5) is 0 Å². The fraction of sp³-hybridized carbons (Fsp3) is 0.167. The number of aliphatic hydroxyl groups excluding tert-OH is 1. The lowest BCUT2D eigenvalue weighted by atomic mass is 9.99. The van der Waals surface area contributed by atoms with Crippen LogP contribution in [-0.4, -0.2) is 26.7 Å². The molecule has 0 saturated carbocycles. The Morgan fingerprint density at radius 3 is 2.38 bits per heavy atom. The van der Waals surface area contributed by atoms with Crippen LogP contribution in [-0.2, 0) is 22.7 Å². The normalized spacial score (nSPS) is 16.8. The third-order valence-electron chi connectivity index (χ3n) is 6.46. The molecule has 0 radical (unpaired) electrons. The Kier molecular flexibility index (Phi) is 6.60. The highest BCUT2D eigenvalue weighted by atomic mass is 16.5. The number of aliphatic hydroxyl groups is 1. The molecule has 2 aromatic carbocycles. The molecule has 1 unspecified atom stereocenters. The van der Waals surface area contributed by atoms with Crippen molar-refractivity contribution >= 4 is 17.4 Å². The lowest BCUT2D eigenvalue weighted by Gasteiger charge is -2.23. The molecule has 0 bridgehead atoms. The van der Waals surface area contributed by atoms with E-state index in [9.17, 15) is 14.7 Å². The van der Waals surface area contributed by atoms with Crippen molar-refractivity contribution in [3.63, 3.8) is 0 Å². The van der Waals surface area contributed by atoms with Gasteiger partial charge in [0, 0.05) is 24.5 Å². The Hall–Kier alpha value is -4.65. The van der Waals surface area contributed by atoms with Gasteiger partial charge in [0.2, 0.25) is 0 Å². The fourth-order valence-electron chi connectivity index (χ4n) is 4.42. The van der Waals surface area contributed by atoms with Gasteiger partial charge in [-0.3, -0.25) is 14.6 Å². The van der Waals surface area contributed by atoms with Crippen LogP contribution in [0.25, 0.3) is 5.76 Å². The molecule has 4 aromatic rings. The summed E-state index contributed by atoms with van der Waals surface area (Å²) in [6.45, 7) is 4.39. The zero-order chi connectivity index (χ0) is 25.9. The van der Waals surface area contributed by atoms with Crippen LogP contribution in [0.15, 0.2) is 95.2 Å². The van der Waals surface area contributed by atoms with E-state index in [2.05, 4.69) is 4.98 Å². The quantitative estimate of drug-likeness (QED) is 0.207. The maximum absolute atomic E-state index is 13.2. The number of likely N-dealkylation sites (tertiary alicyclic amines) is 1. The van der Waals surface area contributed by atoms with E-state index in [0.717, 1.165) is 16.7 Å². The number of Topliss-reactive ketones (excluding diaryl/α,β-unsaturated/α-hetero) is 1. The van der Waals surface area contributed by atoms with Crippen molar-refractivity contribution in [1.29, 1.82) is 0 Å². The van der Waals surface area contributed by atoms with Gasteiger partial charge in [0.15, 0.2) is 0 Å². The maximum atomic E-state index is 13.2. The molecular weight excluding hydrogens is 468 g/mol. The highest BCUT2D eigenvalue weighted by molar-refractivity contribution is 6.46. The maximum Gasteiger partial charge on any atom is 0.296 e. The average Bonchev–Trinajstić information content (AvgIpc) is 3.45. The van der Waals surface area contributed by atoms with Crippen molar-refractivity contribution in [3.05, 3.63) is 125 Å². The van der Waals surface area contributed by atoms with Gasteiger partial charge in [0.25, 0.3) is 11.7 Å². The molecule has 7 nitrogen and oxygen atoms in total. The van der Waals surface area contributed by atoms with E-state index in [1.165, 1.54) is 4.90 Å². The number of aromatic nitrogens is 1. The van der Waals surface area contributed by atoms with Crippen molar-refractivity contribution in [2.75, 3.05) is 0 Å². The van der Waals surface area contributed by atoms with Gasteiger partial charge in [-0.1, -0.05) is 24.3 Å². The van der Waals surface area contributed by atoms with Gasteiger partial charge >= 0.3 is 0 Å². The fourth-order valence-corrected chi connectivity index (χ4v) is 4.42. The number of carbonyl (C=O) groups is 2. The van der Waals surface area contributed by atoms with Crippen molar-refractivity contribution in [2.24, 2.45) is 0 Å². The summed E-state index contributed by atoms with van der Waals surface area (Å²) >= 11 is 0. The lowest BCUT2D eigenvalue weighted by Crippen LogP contribution is -2.29. The minimum Gasteiger partial charge on any atom is -0.507 e. The molecule has 0 aliphatic carbocycles. The standard InChI is InChI=1S/C30H26N2O5/c1-19-5-3-4-6-23(19)18-36-24-10-8-22(9-11-24)28(33)26-27(25-12-7-20(2)37-25)32(30(35)29(26)34)17-21-13-15-31-16-14-21/h3-16,27,33H,17-18H2,1-2H3/b28-26+. The zero-order valence-corrected chi connectivity index (χ0v) is 20.5. The number of benzene rings is 2. The van der Waals surface area contributed by atoms with Gasteiger partial charge in [-0.15, -0.1) is 0 Å². The van der Waals surface area contributed by atoms with Crippen LogP contribution in [0, 0.1) is 13.8 Å². The first-order valence-electron chi connectivity index (χ1n) is 11.9. The number of ketones is 1. The number of rotatable bonds is 7. The van der Waals surface area contributed by atoms with Crippen LogP contribution in [0.3, 0.4) is 0 Å². The molecule has 1 aliphatic rings. The van der Waals surface area contributed by atoms with Crippen molar-refractivity contribution in [1.82, 2.24) is 9.88 Å². The van der Waals surface area contributed by atoms with E-state index < -0.39 is 17.7 Å². The molecule has 0 spiro atoms. The summed E-state index contributed by atoms with van der Waals surface area (Å²) in [5, 5.41) is 11.3. The summed E-state index contributed by atoms with van der Waals surface area (Å²) in [6, 6.07) is 21.0. The number of pyridine rings is 1. The van der Waals surface area contributed by atoms with Gasteiger partial charge in [-0.05, 0) is 79.1 Å². The molecule has 1 atom stereocenters. The Balaban J connectivity index is 1.46. The number of furan rings is 1. The Morgan fingerprint density at radius 1 is 0.973 bits per heavy atom. The molecule has 2 aromatic heterocycles. The number of aryl methyl sites for hydroxylation is 2. The van der Waals surface area contributed by atoms with E-state index in [4.69, 9.17) is 9.15 Å². The smallest absolute Gasteiger partial charge is 0.296 e.